The highest BCUT2D eigenvalue weighted by Gasteiger charge is 2.12. The molecule has 0 saturated heterocycles. The molecule has 0 amide bonds. The van der Waals surface area contributed by atoms with Crippen LogP contribution in [0.1, 0.15) is 19.4 Å². The second-order valence-corrected chi connectivity index (χ2v) is 5.20. The van der Waals surface area contributed by atoms with E-state index in [1.54, 1.807) is 0 Å². The first-order valence-corrected chi connectivity index (χ1v) is 6.43. The number of hydrogen-bond acceptors (Lipinski definition) is 2. The number of ether oxygens (including phenoxy) is 1. The molecule has 0 aliphatic carbocycles. The molecular weight excluding hydrogens is 266 g/mol. The van der Waals surface area contributed by atoms with Crippen LogP contribution < -0.4 is 5.32 Å². The van der Waals surface area contributed by atoms with Crippen molar-refractivity contribution in [3.8, 4) is 0 Å². The third-order valence-corrected chi connectivity index (χ3v) is 3.00. The molecule has 1 N–H and O–H groups in total. The molecular formula is C13H20BrNO. The highest BCUT2D eigenvalue weighted by atomic mass is 79.9. The second-order valence-electron chi connectivity index (χ2n) is 4.28. The van der Waals surface area contributed by atoms with E-state index in [0.29, 0.717) is 12.5 Å². The van der Waals surface area contributed by atoms with E-state index < -0.39 is 0 Å². The first kappa shape index (κ1) is 13.7. The Hall–Kier alpha value is -0.380. The van der Waals surface area contributed by atoms with Crippen LogP contribution in [0.3, 0.4) is 0 Å². The maximum Gasteiger partial charge on any atom is 0.0726 e. The van der Waals surface area contributed by atoms with E-state index in [2.05, 4.69) is 47.2 Å². The summed E-state index contributed by atoms with van der Waals surface area (Å²) in [5.41, 5.74) is 1.20. The lowest BCUT2D eigenvalue weighted by atomic mass is 10.1. The minimum absolute atomic E-state index is 0.268. The summed E-state index contributed by atoms with van der Waals surface area (Å²) in [7, 11) is 1.96. The molecule has 0 saturated carbocycles. The van der Waals surface area contributed by atoms with Gasteiger partial charge in [-0.05, 0) is 30.7 Å². The van der Waals surface area contributed by atoms with Crippen molar-refractivity contribution in [1.29, 1.82) is 0 Å². The summed E-state index contributed by atoms with van der Waals surface area (Å²) in [6.07, 6.45) is 0.268. The van der Waals surface area contributed by atoms with Gasteiger partial charge in [0.1, 0.15) is 0 Å². The first-order chi connectivity index (χ1) is 7.63. The van der Waals surface area contributed by atoms with Crippen LogP contribution in [0.4, 0.5) is 0 Å². The van der Waals surface area contributed by atoms with Crippen molar-refractivity contribution in [3.63, 3.8) is 0 Å². The van der Waals surface area contributed by atoms with E-state index in [9.17, 15) is 0 Å². The average Bonchev–Trinajstić information content (AvgIpc) is 2.24. The Morgan fingerprint density at radius 1 is 1.38 bits per heavy atom. The minimum Gasteiger partial charge on any atom is -0.372 e. The largest absolute Gasteiger partial charge is 0.372 e. The van der Waals surface area contributed by atoms with E-state index >= 15 is 0 Å². The Bertz CT molecular complexity index is 315. The Morgan fingerprint density at radius 2 is 2.12 bits per heavy atom. The molecule has 0 heterocycles. The molecule has 1 aromatic carbocycles. The van der Waals surface area contributed by atoms with E-state index in [1.807, 2.05) is 19.2 Å². The van der Waals surface area contributed by atoms with Crippen LogP contribution in [0.5, 0.6) is 0 Å². The number of hydrogen-bond donors (Lipinski definition) is 1. The zero-order valence-corrected chi connectivity index (χ0v) is 11.8. The fraction of sp³-hybridized carbons (Fsp3) is 0.538. The van der Waals surface area contributed by atoms with Crippen molar-refractivity contribution in [2.75, 3.05) is 13.6 Å². The van der Waals surface area contributed by atoms with Gasteiger partial charge in [-0.15, -0.1) is 0 Å². The summed E-state index contributed by atoms with van der Waals surface area (Å²) in [6, 6.07) is 8.24. The van der Waals surface area contributed by atoms with Crippen LogP contribution in [0.2, 0.25) is 0 Å². The van der Waals surface area contributed by atoms with Gasteiger partial charge in [0.05, 0.1) is 12.7 Å². The Kier molecular flexibility index (Phi) is 6.03. The molecule has 1 aromatic rings. The Labute approximate surface area is 107 Å². The third-order valence-electron chi connectivity index (χ3n) is 2.50. The molecule has 1 rings (SSSR count). The van der Waals surface area contributed by atoms with Crippen molar-refractivity contribution in [1.82, 2.24) is 5.32 Å². The van der Waals surface area contributed by atoms with Crippen LogP contribution in [0.25, 0.3) is 0 Å². The average molecular weight is 286 g/mol. The molecule has 1 atom stereocenters. The van der Waals surface area contributed by atoms with Crippen LogP contribution >= 0.6 is 15.9 Å². The van der Waals surface area contributed by atoms with Crippen molar-refractivity contribution < 1.29 is 4.74 Å². The van der Waals surface area contributed by atoms with E-state index in [4.69, 9.17) is 4.74 Å². The van der Waals surface area contributed by atoms with Crippen molar-refractivity contribution in [2.45, 2.75) is 26.6 Å². The van der Waals surface area contributed by atoms with Gasteiger partial charge in [-0.3, -0.25) is 0 Å². The van der Waals surface area contributed by atoms with Gasteiger partial charge in [0.15, 0.2) is 0 Å². The molecule has 2 nitrogen and oxygen atoms in total. The van der Waals surface area contributed by atoms with Gasteiger partial charge in [0.25, 0.3) is 0 Å². The van der Waals surface area contributed by atoms with Crippen molar-refractivity contribution >= 4 is 15.9 Å². The number of likely N-dealkylation sites (N-methyl/N-ethyl adjacent to an activating group) is 1. The molecule has 0 fully saturated rings. The van der Waals surface area contributed by atoms with E-state index in [0.717, 1.165) is 11.0 Å². The van der Waals surface area contributed by atoms with Gasteiger partial charge in [-0.25, -0.2) is 0 Å². The zero-order valence-electron chi connectivity index (χ0n) is 10.2. The molecule has 0 aliphatic heterocycles. The molecule has 1 unspecified atom stereocenters. The predicted molar refractivity (Wildman–Crippen MR) is 71.5 cm³/mol. The van der Waals surface area contributed by atoms with E-state index in [-0.39, 0.29) is 6.10 Å². The van der Waals surface area contributed by atoms with Gasteiger partial charge in [0, 0.05) is 11.0 Å². The maximum absolute atomic E-state index is 5.90. The Balaban J connectivity index is 2.48. The summed E-state index contributed by atoms with van der Waals surface area (Å²) < 4.78 is 7.00. The summed E-state index contributed by atoms with van der Waals surface area (Å²) in [6.45, 7) is 5.93. The van der Waals surface area contributed by atoms with E-state index in [1.165, 1.54) is 5.56 Å². The smallest absolute Gasteiger partial charge is 0.0726 e. The molecule has 0 radical (unpaired) electrons. The highest BCUT2D eigenvalue weighted by Crippen LogP contribution is 2.14. The lowest BCUT2D eigenvalue weighted by Gasteiger charge is -2.21. The zero-order chi connectivity index (χ0) is 12.0. The minimum atomic E-state index is 0.268. The monoisotopic (exact) mass is 285 g/mol. The molecule has 3 heteroatoms. The maximum atomic E-state index is 5.90. The van der Waals surface area contributed by atoms with Crippen molar-refractivity contribution in [2.24, 2.45) is 5.92 Å². The van der Waals surface area contributed by atoms with Gasteiger partial charge in [0.2, 0.25) is 0 Å². The van der Waals surface area contributed by atoms with Crippen LogP contribution in [0.15, 0.2) is 28.7 Å². The van der Waals surface area contributed by atoms with Gasteiger partial charge < -0.3 is 10.1 Å². The first-order valence-electron chi connectivity index (χ1n) is 5.64. The predicted octanol–water partition coefficient (Wildman–Crippen LogP) is 3.21. The topological polar surface area (TPSA) is 21.3 Å². The molecule has 0 bridgehead atoms. The molecule has 90 valence electrons. The van der Waals surface area contributed by atoms with Gasteiger partial charge in [-0.1, -0.05) is 41.9 Å². The third kappa shape index (κ3) is 4.64. The van der Waals surface area contributed by atoms with Crippen LogP contribution in [0, 0.1) is 5.92 Å². The second kappa shape index (κ2) is 7.05. The van der Waals surface area contributed by atoms with Crippen LogP contribution in [-0.2, 0) is 11.3 Å². The number of rotatable bonds is 6. The fourth-order valence-electron chi connectivity index (χ4n) is 1.52. The number of nitrogens with one attached hydrogen (secondary N) is 1. The molecule has 0 aliphatic rings. The standard InChI is InChI=1S/C13H20BrNO/c1-10(2)13(8-15-3)16-9-11-5-4-6-12(14)7-11/h4-7,10,13,15H,8-9H2,1-3H3. The van der Waals surface area contributed by atoms with Gasteiger partial charge >= 0.3 is 0 Å². The van der Waals surface area contributed by atoms with Crippen molar-refractivity contribution in [3.05, 3.63) is 34.3 Å². The molecule has 16 heavy (non-hydrogen) atoms. The molecule has 0 spiro atoms. The highest BCUT2D eigenvalue weighted by molar-refractivity contribution is 9.10. The summed E-state index contributed by atoms with van der Waals surface area (Å²) in [5, 5.41) is 3.16. The summed E-state index contributed by atoms with van der Waals surface area (Å²) in [4.78, 5) is 0. The number of benzene rings is 1. The summed E-state index contributed by atoms with van der Waals surface area (Å²) >= 11 is 3.46. The lowest BCUT2D eigenvalue weighted by Crippen LogP contribution is -2.31. The normalized spacial score (nSPS) is 13.1. The summed E-state index contributed by atoms with van der Waals surface area (Å²) in [5.74, 6) is 0.527. The lowest BCUT2D eigenvalue weighted by molar-refractivity contribution is 0.0125. The van der Waals surface area contributed by atoms with Gasteiger partial charge in [-0.2, -0.15) is 0 Å². The quantitative estimate of drug-likeness (QED) is 0.867. The SMILES string of the molecule is CNCC(OCc1cccc(Br)c1)C(C)C. The Morgan fingerprint density at radius 3 is 2.69 bits per heavy atom. The van der Waals surface area contributed by atoms with Crippen LogP contribution in [-0.4, -0.2) is 19.7 Å². The number of halogens is 1. The fourth-order valence-corrected chi connectivity index (χ4v) is 1.96. The molecule has 0 aromatic heterocycles.